The van der Waals surface area contributed by atoms with Crippen molar-refractivity contribution in [1.29, 1.82) is 0 Å². The van der Waals surface area contributed by atoms with Crippen molar-refractivity contribution in [3.8, 4) is 0 Å². The molecule has 1 aliphatic carbocycles. The average Bonchev–Trinajstić information content (AvgIpc) is 2.69. The second kappa shape index (κ2) is 6.45. The third-order valence-corrected chi connectivity index (χ3v) is 3.02. The molecule has 0 bridgehead atoms. The van der Waals surface area contributed by atoms with Crippen molar-refractivity contribution in [2.45, 2.75) is 71.6 Å². The minimum absolute atomic E-state index is 0.383. The number of unbranched alkanes of at least 4 members (excludes halogenated alkanes) is 4. The standard InChI is InChI=1S/C13H26/c1-3-5-6-7-8-10-13-11-12(13)9-4-2/h12-13H,3-11H2,1-2H3/i11D2. The quantitative estimate of drug-likeness (QED) is 0.476. The van der Waals surface area contributed by atoms with E-state index >= 15 is 0 Å². The Kier molecular flexibility index (Phi) is 4.13. The van der Waals surface area contributed by atoms with Crippen LogP contribution < -0.4 is 0 Å². The highest BCUT2D eigenvalue weighted by molar-refractivity contribution is 4.85. The van der Waals surface area contributed by atoms with E-state index in [1.54, 1.807) is 0 Å². The molecule has 1 rings (SSSR count). The van der Waals surface area contributed by atoms with Crippen LogP contribution in [0, 0.1) is 11.8 Å². The van der Waals surface area contributed by atoms with Crippen molar-refractivity contribution in [2.75, 3.05) is 0 Å². The zero-order chi connectivity index (χ0) is 11.3. The van der Waals surface area contributed by atoms with E-state index in [-0.39, 0.29) is 0 Å². The molecular weight excluding hydrogens is 156 g/mol. The van der Waals surface area contributed by atoms with E-state index in [0.717, 1.165) is 19.3 Å². The smallest absolute Gasteiger partial charge is 0.0272 e. The summed E-state index contributed by atoms with van der Waals surface area (Å²) in [6.07, 6.45) is 9.05. The molecule has 2 atom stereocenters. The van der Waals surface area contributed by atoms with Gasteiger partial charge in [-0.1, -0.05) is 65.2 Å². The van der Waals surface area contributed by atoms with Gasteiger partial charge in [0.15, 0.2) is 0 Å². The molecule has 0 heterocycles. The fraction of sp³-hybridized carbons (Fsp3) is 1.00. The zero-order valence-corrected chi connectivity index (χ0v) is 9.31. The van der Waals surface area contributed by atoms with Gasteiger partial charge >= 0.3 is 0 Å². The first-order valence-electron chi connectivity index (χ1n) is 7.14. The average molecular weight is 184 g/mol. The first kappa shape index (κ1) is 8.32. The van der Waals surface area contributed by atoms with E-state index in [4.69, 9.17) is 2.74 Å². The third-order valence-electron chi connectivity index (χ3n) is 3.02. The zero-order valence-electron chi connectivity index (χ0n) is 11.3. The Morgan fingerprint density at radius 2 is 1.62 bits per heavy atom. The molecule has 0 aliphatic heterocycles. The van der Waals surface area contributed by atoms with Gasteiger partial charge in [0.25, 0.3) is 0 Å². The maximum atomic E-state index is 7.85. The third kappa shape index (κ3) is 4.69. The van der Waals surface area contributed by atoms with Crippen LogP contribution in [0.1, 0.15) is 74.3 Å². The molecule has 13 heavy (non-hydrogen) atoms. The Hall–Kier alpha value is 0. The molecule has 0 radical (unpaired) electrons. The summed E-state index contributed by atoms with van der Waals surface area (Å²) in [7, 11) is 0. The molecule has 0 nitrogen and oxygen atoms in total. The molecular formula is C13H26. The van der Waals surface area contributed by atoms with E-state index in [9.17, 15) is 0 Å². The largest absolute Gasteiger partial charge is 0.0654 e. The first-order valence-corrected chi connectivity index (χ1v) is 6.14. The highest BCUT2D eigenvalue weighted by atomic mass is 14.4. The van der Waals surface area contributed by atoms with Crippen LogP contribution >= 0.6 is 0 Å². The number of rotatable bonds is 8. The fourth-order valence-corrected chi connectivity index (χ4v) is 2.07. The van der Waals surface area contributed by atoms with E-state index in [2.05, 4.69) is 13.8 Å². The lowest BCUT2D eigenvalue weighted by Gasteiger charge is -1.99. The summed E-state index contributed by atoms with van der Waals surface area (Å²) in [5, 5.41) is 0. The summed E-state index contributed by atoms with van der Waals surface area (Å²) in [6.45, 7) is 4.39. The van der Waals surface area contributed by atoms with Gasteiger partial charge in [-0.2, -0.15) is 0 Å². The van der Waals surface area contributed by atoms with Crippen LogP contribution in [0.25, 0.3) is 0 Å². The maximum Gasteiger partial charge on any atom is 0.0272 e. The normalized spacial score (nSPS) is 32.5. The minimum Gasteiger partial charge on any atom is -0.0654 e. The van der Waals surface area contributed by atoms with Crippen LogP contribution in [0.5, 0.6) is 0 Å². The van der Waals surface area contributed by atoms with Crippen LogP contribution in [0.3, 0.4) is 0 Å². The topological polar surface area (TPSA) is 0 Å². The van der Waals surface area contributed by atoms with Crippen molar-refractivity contribution < 1.29 is 2.74 Å². The van der Waals surface area contributed by atoms with Gasteiger partial charge in [-0.05, 0) is 18.2 Å². The van der Waals surface area contributed by atoms with E-state index in [0.29, 0.717) is 11.8 Å². The molecule has 1 fully saturated rings. The molecule has 0 aromatic rings. The Balaban J connectivity index is 2.07. The molecule has 0 aromatic heterocycles. The molecule has 2 unspecified atom stereocenters. The van der Waals surface area contributed by atoms with Gasteiger partial charge in [0, 0.05) is 2.74 Å². The van der Waals surface area contributed by atoms with Gasteiger partial charge in [0.05, 0.1) is 0 Å². The van der Waals surface area contributed by atoms with Crippen molar-refractivity contribution in [3.63, 3.8) is 0 Å². The van der Waals surface area contributed by atoms with E-state index < -0.39 is 6.37 Å². The van der Waals surface area contributed by atoms with Gasteiger partial charge in [0.2, 0.25) is 0 Å². The van der Waals surface area contributed by atoms with Gasteiger partial charge in [-0.3, -0.25) is 0 Å². The van der Waals surface area contributed by atoms with Crippen LogP contribution in [0.2, 0.25) is 0 Å². The van der Waals surface area contributed by atoms with Crippen LogP contribution in [-0.4, -0.2) is 0 Å². The molecule has 78 valence electrons. The Bertz CT molecular complexity index is 177. The van der Waals surface area contributed by atoms with Crippen LogP contribution in [0.15, 0.2) is 0 Å². The number of hydrogen-bond donors (Lipinski definition) is 0. The molecule has 0 saturated heterocycles. The van der Waals surface area contributed by atoms with Gasteiger partial charge in [-0.25, -0.2) is 0 Å². The molecule has 0 heteroatoms. The molecule has 0 aromatic carbocycles. The Morgan fingerprint density at radius 3 is 2.31 bits per heavy atom. The van der Waals surface area contributed by atoms with Crippen molar-refractivity contribution in [2.24, 2.45) is 11.8 Å². The van der Waals surface area contributed by atoms with E-state index in [1.165, 1.54) is 32.1 Å². The highest BCUT2D eigenvalue weighted by Crippen LogP contribution is 2.45. The van der Waals surface area contributed by atoms with Crippen LogP contribution in [0.4, 0.5) is 0 Å². The lowest BCUT2D eigenvalue weighted by atomic mass is 10.1. The van der Waals surface area contributed by atoms with Gasteiger partial charge in [0.1, 0.15) is 0 Å². The number of hydrogen-bond acceptors (Lipinski definition) is 0. The minimum atomic E-state index is -0.819. The lowest BCUT2D eigenvalue weighted by molar-refractivity contribution is 0.542. The van der Waals surface area contributed by atoms with Gasteiger partial charge < -0.3 is 0 Å². The fourth-order valence-electron chi connectivity index (χ4n) is 2.07. The first-order chi connectivity index (χ1) is 7.14. The van der Waals surface area contributed by atoms with Crippen molar-refractivity contribution in [3.05, 3.63) is 0 Å². The summed E-state index contributed by atoms with van der Waals surface area (Å²) in [5.74, 6) is 0.771. The van der Waals surface area contributed by atoms with Crippen molar-refractivity contribution >= 4 is 0 Å². The molecule has 1 aliphatic rings. The SMILES string of the molecule is [2H]C1([2H])C(CCC)C1CCCCCCC. The predicted molar refractivity (Wildman–Crippen MR) is 59.9 cm³/mol. The van der Waals surface area contributed by atoms with Crippen molar-refractivity contribution in [1.82, 2.24) is 0 Å². The molecule has 0 spiro atoms. The monoisotopic (exact) mass is 184 g/mol. The summed E-state index contributed by atoms with van der Waals surface area (Å²) >= 11 is 0. The highest BCUT2D eigenvalue weighted by Gasteiger charge is 2.34. The van der Waals surface area contributed by atoms with E-state index in [1.807, 2.05) is 0 Å². The molecule has 0 N–H and O–H groups in total. The second-order valence-corrected chi connectivity index (χ2v) is 4.37. The molecule has 1 saturated carbocycles. The van der Waals surface area contributed by atoms with Gasteiger partial charge in [-0.15, -0.1) is 0 Å². The summed E-state index contributed by atoms with van der Waals surface area (Å²) in [6, 6.07) is 0. The Labute approximate surface area is 86.9 Å². The summed E-state index contributed by atoms with van der Waals surface area (Å²) in [4.78, 5) is 0. The Morgan fingerprint density at radius 1 is 0.923 bits per heavy atom. The summed E-state index contributed by atoms with van der Waals surface area (Å²) < 4.78 is 15.7. The maximum absolute atomic E-state index is 7.85. The summed E-state index contributed by atoms with van der Waals surface area (Å²) in [5.41, 5.74) is 0. The predicted octanol–water partition coefficient (Wildman–Crippen LogP) is 4.78. The van der Waals surface area contributed by atoms with Crippen LogP contribution in [-0.2, 0) is 0 Å². The molecule has 0 amide bonds. The second-order valence-electron chi connectivity index (χ2n) is 4.37. The lowest BCUT2D eigenvalue weighted by Crippen LogP contribution is -1.84.